The smallest absolute Gasteiger partial charge is 0.167 e. The molecule has 0 amide bonds. The van der Waals surface area contributed by atoms with E-state index in [0.717, 1.165) is 0 Å². The molecule has 0 radical (unpaired) electrons. The van der Waals surface area contributed by atoms with Crippen LogP contribution >= 0.6 is 0 Å². The van der Waals surface area contributed by atoms with E-state index in [2.05, 4.69) is 20.3 Å². The molecule has 0 saturated carbocycles. The Balaban J connectivity index is 1.90. The molecular weight excluding hydrogens is 278 g/mol. The van der Waals surface area contributed by atoms with E-state index in [1.165, 1.54) is 6.33 Å². The van der Waals surface area contributed by atoms with Crippen LogP contribution in [0.2, 0.25) is 0 Å². The molecule has 2 aromatic heterocycles. The van der Waals surface area contributed by atoms with Crippen LogP contribution in [0.3, 0.4) is 0 Å². The Bertz CT molecular complexity index is 619. The Labute approximate surface area is 120 Å². The van der Waals surface area contributed by atoms with Crippen molar-refractivity contribution in [2.45, 2.75) is 24.9 Å². The van der Waals surface area contributed by atoms with E-state index in [1.807, 2.05) is 0 Å². The fourth-order valence-electron chi connectivity index (χ4n) is 2.42. The van der Waals surface area contributed by atoms with E-state index < -0.39 is 18.4 Å². The standard InChI is InChI=1S/C12H17N5O4/c18-2-1-13-11-10-12(15-5-14-11)17(6-16-10)9-3-7(20)8(4-19)21-9/h5-9,18-20H,1-4H2,(H,13,14,15)/t7-,8+,9+/m0/s1. The van der Waals surface area contributed by atoms with Crippen molar-refractivity contribution in [3.8, 4) is 0 Å². The second-order valence-electron chi connectivity index (χ2n) is 4.81. The van der Waals surface area contributed by atoms with Gasteiger partial charge < -0.3 is 25.4 Å². The van der Waals surface area contributed by atoms with Crippen molar-refractivity contribution < 1.29 is 20.1 Å². The summed E-state index contributed by atoms with van der Waals surface area (Å²) in [7, 11) is 0. The molecule has 3 atom stereocenters. The zero-order valence-corrected chi connectivity index (χ0v) is 11.3. The summed E-state index contributed by atoms with van der Waals surface area (Å²) >= 11 is 0. The van der Waals surface area contributed by atoms with Crippen LogP contribution in [0.4, 0.5) is 5.82 Å². The predicted octanol–water partition coefficient (Wildman–Crippen LogP) is -1.13. The first-order chi connectivity index (χ1) is 10.2. The third kappa shape index (κ3) is 2.56. The number of anilines is 1. The molecule has 3 heterocycles. The van der Waals surface area contributed by atoms with E-state index in [1.54, 1.807) is 10.9 Å². The van der Waals surface area contributed by atoms with Crippen LogP contribution in [-0.2, 0) is 4.74 Å². The van der Waals surface area contributed by atoms with Gasteiger partial charge in [0, 0.05) is 13.0 Å². The number of aliphatic hydroxyl groups excluding tert-OH is 3. The molecular formula is C12H17N5O4. The molecule has 1 fully saturated rings. The molecule has 4 N–H and O–H groups in total. The van der Waals surface area contributed by atoms with Gasteiger partial charge in [-0.05, 0) is 0 Å². The molecule has 0 spiro atoms. The van der Waals surface area contributed by atoms with Crippen LogP contribution in [0.25, 0.3) is 11.2 Å². The molecule has 2 aromatic rings. The number of imidazole rings is 1. The molecule has 21 heavy (non-hydrogen) atoms. The largest absolute Gasteiger partial charge is 0.395 e. The summed E-state index contributed by atoms with van der Waals surface area (Å²) in [6, 6.07) is 0. The highest BCUT2D eigenvalue weighted by atomic mass is 16.5. The maximum absolute atomic E-state index is 9.81. The average Bonchev–Trinajstić information content (AvgIpc) is 3.08. The molecule has 0 aromatic carbocycles. The average molecular weight is 295 g/mol. The fourth-order valence-corrected chi connectivity index (χ4v) is 2.42. The summed E-state index contributed by atoms with van der Waals surface area (Å²) in [6.45, 7) is 0.120. The van der Waals surface area contributed by atoms with Crippen LogP contribution in [0, 0.1) is 0 Å². The van der Waals surface area contributed by atoms with Crippen molar-refractivity contribution in [2.75, 3.05) is 25.1 Å². The third-order valence-electron chi connectivity index (χ3n) is 3.46. The summed E-state index contributed by atoms with van der Waals surface area (Å²) in [5.74, 6) is 0.532. The van der Waals surface area contributed by atoms with Gasteiger partial charge in [-0.1, -0.05) is 0 Å². The Hall–Kier alpha value is -1.81. The number of aromatic nitrogens is 4. The summed E-state index contributed by atoms with van der Waals surface area (Å²) < 4.78 is 7.31. The highest BCUT2D eigenvalue weighted by molar-refractivity contribution is 5.82. The van der Waals surface area contributed by atoms with Gasteiger partial charge in [-0.2, -0.15) is 0 Å². The predicted molar refractivity (Wildman–Crippen MR) is 72.5 cm³/mol. The Morgan fingerprint density at radius 2 is 2.19 bits per heavy atom. The van der Waals surface area contributed by atoms with E-state index >= 15 is 0 Å². The Morgan fingerprint density at radius 1 is 1.33 bits per heavy atom. The van der Waals surface area contributed by atoms with Gasteiger partial charge in [0.15, 0.2) is 17.0 Å². The maximum Gasteiger partial charge on any atom is 0.167 e. The summed E-state index contributed by atoms with van der Waals surface area (Å²) in [4.78, 5) is 12.5. The van der Waals surface area contributed by atoms with Crippen LogP contribution in [0.1, 0.15) is 12.6 Å². The molecule has 1 aliphatic heterocycles. The lowest BCUT2D eigenvalue weighted by atomic mass is 10.2. The molecule has 9 heteroatoms. The van der Waals surface area contributed by atoms with Gasteiger partial charge in [0.1, 0.15) is 18.7 Å². The maximum atomic E-state index is 9.81. The molecule has 9 nitrogen and oxygen atoms in total. The monoisotopic (exact) mass is 295 g/mol. The topological polar surface area (TPSA) is 126 Å². The number of nitrogens with one attached hydrogen (secondary N) is 1. The van der Waals surface area contributed by atoms with Crippen molar-refractivity contribution in [1.29, 1.82) is 0 Å². The first-order valence-corrected chi connectivity index (χ1v) is 6.71. The number of fused-ring (bicyclic) bond motifs is 1. The van der Waals surface area contributed by atoms with Gasteiger partial charge in [-0.15, -0.1) is 0 Å². The quantitative estimate of drug-likeness (QED) is 0.546. The summed E-state index contributed by atoms with van der Waals surface area (Å²) in [5, 5.41) is 30.8. The number of rotatable bonds is 5. The second-order valence-corrected chi connectivity index (χ2v) is 4.81. The molecule has 114 valence electrons. The summed E-state index contributed by atoms with van der Waals surface area (Å²) in [5.41, 5.74) is 1.14. The number of nitrogens with zero attached hydrogens (tertiary/aromatic N) is 4. The van der Waals surface area contributed by atoms with Crippen molar-refractivity contribution in [3.63, 3.8) is 0 Å². The van der Waals surface area contributed by atoms with Gasteiger partial charge in [-0.25, -0.2) is 15.0 Å². The number of hydrogen-bond donors (Lipinski definition) is 4. The minimum absolute atomic E-state index is 0.0116. The van der Waals surface area contributed by atoms with Crippen molar-refractivity contribution >= 4 is 17.0 Å². The minimum Gasteiger partial charge on any atom is -0.395 e. The van der Waals surface area contributed by atoms with Gasteiger partial charge >= 0.3 is 0 Å². The zero-order valence-electron chi connectivity index (χ0n) is 11.3. The van der Waals surface area contributed by atoms with Crippen LogP contribution < -0.4 is 5.32 Å². The minimum atomic E-state index is -0.716. The first-order valence-electron chi connectivity index (χ1n) is 6.71. The lowest BCUT2D eigenvalue weighted by molar-refractivity contribution is -0.0432. The lowest BCUT2D eigenvalue weighted by Gasteiger charge is -2.13. The molecule has 1 aliphatic rings. The molecule has 1 saturated heterocycles. The highest BCUT2D eigenvalue weighted by Gasteiger charge is 2.35. The van der Waals surface area contributed by atoms with Gasteiger partial charge in [0.2, 0.25) is 0 Å². The molecule has 0 unspecified atom stereocenters. The van der Waals surface area contributed by atoms with E-state index in [0.29, 0.717) is 29.9 Å². The van der Waals surface area contributed by atoms with E-state index in [9.17, 15) is 5.11 Å². The number of ether oxygens (including phenoxy) is 1. The number of aliphatic hydroxyl groups is 3. The van der Waals surface area contributed by atoms with Crippen molar-refractivity contribution in [3.05, 3.63) is 12.7 Å². The molecule has 3 rings (SSSR count). The van der Waals surface area contributed by atoms with Gasteiger partial charge in [0.25, 0.3) is 0 Å². The van der Waals surface area contributed by atoms with Crippen LogP contribution in [0.15, 0.2) is 12.7 Å². The zero-order chi connectivity index (χ0) is 14.8. The van der Waals surface area contributed by atoms with E-state index in [-0.39, 0.29) is 13.2 Å². The van der Waals surface area contributed by atoms with Crippen LogP contribution in [0.5, 0.6) is 0 Å². The van der Waals surface area contributed by atoms with Crippen LogP contribution in [-0.4, -0.2) is 66.8 Å². The fraction of sp³-hybridized carbons (Fsp3) is 0.583. The lowest BCUT2D eigenvalue weighted by Crippen LogP contribution is -2.24. The normalized spacial score (nSPS) is 25.6. The Kier molecular flexibility index (Phi) is 3.97. The first kappa shape index (κ1) is 14.1. The number of hydrogen-bond acceptors (Lipinski definition) is 8. The third-order valence-corrected chi connectivity index (χ3v) is 3.46. The molecule has 0 aliphatic carbocycles. The highest BCUT2D eigenvalue weighted by Crippen LogP contribution is 2.31. The second kappa shape index (κ2) is 5.90. The molecule has 0 bridgehead atoms. The summed E-state index contributed by atoms with van der Waals surface area (Å²) in [6.07, 6.45) is 1.59. The van der Waals surface area contributed by atoms with Crippen molar-refractivity contribution in [2.24, 2.45) is 0 Å². The Morgan fingerprint density at radius 3 is 2.90 bits per heavy atom. The van der Waals surface area contributed by atoms with E-state index in [4.69, 9.17) is 14.9 Å². The van der Waals surface area contributed by atoms with Gasteiger partial charge in [-0.3, -0.25) is 4.57 Å². The SMILES string of the molecule is OCCNc1ncnc2c1ncn2[C@H]1C[C@H](O)[C@@H](CO)O1. The van der Waals surface area contributed by atoms with Crippen molar-refractivity contribution in [1.82, 2.24) is 19.5 Å². The van der Waals surface area contributed by atoms with Gasteiger partial charge in [0.05, 0.1) is 25.6 Å².